The summed E-state index contributed by atoms with van der Waals surface area (Å²) in [7, 11) is 1.63. The summed E-state index contributed by atoms with van der Waals surface area (Å²) in [5.41, 5.74) is 9.54. The average Bonchev–Trinajstić information content (AvgIpc) is 2.58. The van der Waals surface area contributed by atoms with Crippen LogP contribution in [-0.2, 0) is 4.79 Å². The van der Waals surface area contributed by atoms with Gasteiger partial charge in [-0.2, -0.15) is 0 Å². The van der Waals surface area contributed by atoms with Crippen LogP contribution in [0, 0.1) is 10.2 Å². The van der Waals surface area contributed by atoms with E-state index < -0.39 is 0 Å². The molecule has 1 atom stereocenters. The zero-order valence-electron chi connectivity index (χ0n) is 15.6. The number of ether oxygens (including phenoxy) is 1. The molecule has 1 unspecified atom stereocenters. The third kappa shape index (κ3) is 3.02. The summed E-state index contributed by atoms with van der Waals surface area (Å²) in [6, 6.07) is 7.73. The van der Waals surface area contributed by atoms with E-state index in [0.29, 0.717) is 22.8 Å². The molecule has 0 spiro atoms. The number of nitrogen functional groups attached to an aromatic ring is 1. The van der Waals surface area contributed by atoms with Crippen LogP contribution in [0.2, 0.25) is 0 Å². The predicted molar refractivity (Wildman–Crippen MR) is 107 cm³/mol. The van der Waals surface area contributed by atoms with Gasteiger partial charge in [0.2, 0.25) is 0 Å². The number of Topliss-reactive ketones (excluding diaryl/α,β-unsaturated/α-hetero) is 1. The van der Waals surface area contributed by atoms with Crippen LogP contribution in [0.15, 0.2) is 35.5 Å². The van der Waals surface area contributed by atoms with E-state index in [1.165, 1.54) is 0 Å². The van der Waals surface area contributed by atoms with Crippen LogP contribution in [0.1, 0.15) is 43.7 Å². The Morgan fingerprint density at radius 1 is 1.33 bits per heavy atom. The molecule has 0 radical (unpaired) electrons. The van der Waals surface area contributed by atoms with E-state index in [4.69, 9.17) is 22.7 Å². The highest BCUT2D eigenvalue weighted by Gasteiger charge is 2.42. The standard InChI is InChI=1S/C20H22N4O2S/c1-20(2)8-12-15(13(25)9-20)14(10-5-4-6-11(7-10)26-3)16-17(21)23-19(27)24-18(16)22-12/h4-7,14H,8-9H2,1-3H3,(H4,21,22,23,24,27). The Morgan fingerprint density at radius 2 is 2.11 bits per heavy atom. The van der Waals surface area contributed by atoms with E-state index in [2.05, 4.69) is 29.1 Å². The van der Waals surface area contributed by atoms with Crippen molar-refractivity contribution in [2.45, 2.75) is 32.6 Å². The van der Waals surface area contributed by atoms with Gasteiger partial charge in [-0.25, -0.2) is 4.98 Å². The first kappa shape index (κ1) is 17.7. The molecule has 0 saturated carbocycles. The molecule has 1 aliphatic carbocycles. The number of fused-ring (bicyclic) bond motifs is 1. The zero-order valence-corrected chi connectivity index (χ0v) is 16.4. The number of allylic oxidation sites excluding steroid dienone is 2. The number of anilines is 2. The third-order valence-corrected chi connectivity index (χ3v) is 5.39. The van der Waals surface area contributed by atoms with Crippen molar-refractivity contribution in [1.29, 1.82) is 0 Å². The third-order valence-electron chi connectivity index (χ3n) is 5.19. The SMILES string of the molecule is COc1cccc(C2C3=C(CC(C)(C)CC3=O)Nc3nc(=S)[nH]c(N)c32)c1. The fourth-order valence-corrected chi connectivity index (χ4v) is 4.31. The maximum atomic E-state index is 13.1. The Morgan fingerprint density at radius 3 is 2.85 bits per heavy atom. The molecule has 4 rings (SSSR count). The highest BCUT2D eigenvalue weighted by Crippen LogP contribution is 2.49. The molecule has 2 aromatic rings. The number of H-pyrrole nitrogens is 1. The molecule has 2 heterocycles. The number of aromatic nitrogens is 2. The molecule has 7 heteroatoms. The minimum atomic E-state index is -0.311. The van der Waals surface area contributed by atoms with Gasteiger partial charge in [-0.15, -0.1) is 0 Å². The van der Waals surface area contributed by atoms with Crippen molar-refractivity contribution in [3.8, 4) is 5.75 Å². The van der Waals surface area contributed by atoms with Gasteiger partial charge >= 0.3 is 0 Å². The van der Waals surface area contributed by atoms with E-state index in [0.717, 1.165) is 34.6 Å². The highest BCUT2D eigenvalue weighted by molar-refractivity contribution is 7.71. The number of carbonyl (C=O) groups excluding carboxylic acids is 1. The number of methoxy groups -OCH3 is 1. The van der Waals surface area contributed by atoms with E-state index in [9.17, 15) is 4.79 Å². The normalized spacial score (nSPS) is 20.6. The van der Waals surface area contributed by atoms with Crippen LogP contribution in [0.5, 0.6) is 5.75 Å². The monoisotopic (exact) mass is 382 g/mol. The van der Waals surface area contributed by atoms with Crippen LogP contribution in [-0.4, -0.2) is 22.9 Å². The van der Waals surface area contributed by atoms with Gasteiger partial charge in [0.25, 0.3) is 0 Å². The Kier molecular flexibility index (Phi) is 4.07. The van der Waals surface area contributed by atoms with Crippen LogP contribution < -0.4 is 15.8 Å². The molecule has 1 aromatic carbocycles. The maximum Gasteiger partial charge on any atom is 0.200 e. The second kappa shape index (κ2) is 6.20. The fourth-order valence-electron chi connectivity index (χ4n) is 4.11. The minimum absolute atomic E-state index is 0.109. The van der Waals surface area contributed by atoms with Gasteiger partial charge in [0.1, 0.15) is 17.4 Å². The van der Waals surface area contributed by atoms with Crippen LogP contribution >= 0.6 is 12.2 Å². The van der Waals surface area contributed by atoms with Crippen LogP contribution in [0.3, 0.4) is 0 Å². The summed E-state index contributed by atoms with van der Waals surface area (Å²) in [5.74, 6) is 1.60. The van der Waals surface area contributed by atoms with Gasteiger partial charge in [0.15, 0.2) is 10.6 Å². The number of benzene rings is 1. The number of hydrogen-bond donors (Lipinski definition) is 3. The summed E-state index contributed by atoms with van der Waals surface area (Å²) in [6.45, 7) is 4.21. The molecule has 1 aromatic heterocycles. The van der Waals surface area contributed by atoms with Gasteiger partial charge in [-0.3, -0.25) is 4.79 Å². The Balaban J connectivity index is 1.99. The van der Waals surface area contributed by atoms with Gasteiger partial charge < -0.3 is 20.8 Å². The summed E-state index contributed by atoms with van der Waals surface area (Å²) >= 11 is 5.21. The lowest BCUT2D eigenvalue weighted by atomic mass is 9.69. The lowest BCUT2D eigenvalue weighted by Crippen LogP contribution is -2.34. The topological polar surface area (TPSA) is 93.0 Å². The molecule has 0 saturated heterocycles. The molecule has 1 aliphatic heterocycles. The van der Waals surface area contributed by atoms with Gasteiger partial charge in [0.05, 0.1) is 7.11 Å². The molecular formula is C20H22N4O2S. The van der Waals surface area contributed by atoms with E-state index in [-0.39, 0.29) is 17.1 Å². The molecule has 6 nitrogen and oxygen atoms in total. The van der Waals surface area contributed by atoms with E-state index in [1.807, 2.05) is 24.3 Å². The number of aromatic amines is 1. The first-order valence-electron chi connectivity index (χ1n) is 8.86. The number of carbonyl (C=O) groups is 1. The van der Waals surface area contributed by atoms with Crippen molar-refractivity contribution < 1.29 is 9.53 Å². The number of nitrogens with two attached hydrogens (primary N) is 1. The molecule has 140 valence electrons. The largest absolute Gasteiger partial charge is 0.497 e. The molecule has 0 fully saturated rings. The lowest BCUT2D eigenvalue weighted by molar-refractivity contribution is -0.118. The fraction of sp³-hybridized carbons (Fsp3) is 0.350. The average molecular weight is 382 g/mol. The molecule has 0 amide bonds. The van der Waals surface area contributed by atoms with Crippen molar-refractivity contribution >= 4 is 29.6 Å². The number of rotatable bonds is 2. The Labute approximate surface area is 162 Å². The predicted octanol–water partition coefficient (Wildman–Crippen LogP) is 3.93. The van der Waals surface area contributed by atoms with Crippen LogP contribution in [0.4, 0.5) is 11.6 Å². The highest BCUT2D eigenvalue weighted by atomic mass is 32.1. The number of nitrogens with zero attached hydrogens (tertiary/aromatic N) is 1. The second-order valence-electron chi connectivity index (χ2n) is 7.89. The number of ketones is 1. The van der Waals surface area contributed by atoms with E-state index in [1.54, 1.807) is 7.11 Å². The number of hydrogen-bond acceptors (Lipinski definition) is 6. The second-order valence-corrected chi connectivity index (χ2v) is 8.27. The summed E-state index contributed by atoms with van der Waals surface area (Å²) in [4.78, 5) is 20.5. The van der Waals surface area contributed by atoms with Crippen molar-refractivity contribution in [1.82, 2.24) is 9.97 Å². The molecule has 0 bridgehead atoms. The number of nitrogens with one attached hydrogen (secondary N) is 2. The van der Waals surface area contributed by atoms with Gasteiger partial charge in [-0.1, -0.05) is 26.0 Å². The summed E-state index contributed by atoms with van der Waals surface area (Å²) < 4.78 is 5.70. The molecule has 4 N–H and O–H groups in total. The van der Waals surface area contributed by atoms with Gasteiger partial charge in [0, 0.05) is 29.2 Å². The Hall–Kier alpha value is -2.67. The minimum Gasteiger partial charge on any atom is -0.497 e. The first-order chi connectivity index (χ1) is 12.8. The Bertz CT molecular complexity index is 1040. The quantitative estimate of drug-likeness (QED) is 0.682. The summed E-state index contributed by atoms with van der Waals surface area (Å²) in [5, 5.41) is 3.34. The van der Waals surface area contributed by atoms with Crippen LogP contribution in [0.25, 0.3) is 0 Å². The molecule has 27 heavy (non-hydrogen) atoms. The lowest BCUT2D eigenvalue weighted by Gasteiger charge is -2.39. The van der Waals surface area contributed by atoms with Crippen molar-refractivity contribution in [2.75, 3.05) is 18.2 Å². The summed E-state index contributed by atoms with van der Waals surface area (Å²) in [6.07, 6.45) is 1.26. The van der Waals surface area contributed by atoms with E-state index >= 15 is 0 Å². The molecule has 2 aliphatic rings. The van der Waals surface area contributed by atoms with Crippen molar-refractivity contribution in [2.24, 2.45) is 5.41 Å². The smallest absolute Gasteiger partial charge is 0.200 e. The van der Waals surface area contributed by atoms with Crippen molar-refractivity contribution in [3.63, 3.8) is 0 Å². The van der Waals surface area contributed by atoms with Crippen molar-refractivity contribution in [3.05, 3.63) is 51.4 Å². The van der Waals surface area contributed by atoms with Gasteiger partial charge in [-0.05, 0) is 41.7 Å². The zero-order chi connectivity index (χ0) is 19.3. The molecular weight excluding hydrogens is 360 g/mol. The first-order valence-corrected chi connectivity index (χ1v) is 9.27. The maximum absolute atomic E-state index is 13.1.